The molecule has 0 aliphatic rings. The second-order valence-corrected chi connectivity index (χ2v) is 11.5. The van der Waals surface area contributed by atoms with Crippen molar-refractivity contribution in [2.24, 2.45) is 0 Å². The van der Waals surface area contributed by atoms with Crippen molar-refractivity contribution >= 4 is 8.07 Å². The van der Waals surface area contributed by atoms with E-state index in [0.717, 1.165) is 13.2 Å². The van der Waals surface area contributed by atoms with Crippen molar-refractivity contribution in [2.45, 2.75) is 71.7 Å². The quantitative estimate of drug-likeness (QED) is 0.340. The van der Waals surface area contributed by atoms with E-state index in [-0.39, 0.29) is 0 Å². The van der Waals surface area contributed by atoms with E-state index < -0.39 is 8.07 Å². The Morgan fingerprint density at radius 2 is 1.64 bits per heavy atom. The van der Waals surface area contributed by atoms with Crippen LogP contribution in [0.5, 0.6) is 0 Å². The molecule has 0 saturated carbocycles. The molecular weight excluding hydrogens is 284 g/mol. The average Bonchev–Trinajstić information content (AvgIpc) is 2.57. The molecule has 0 N–H and O–H groups in total. The monoisotopic (exact) mass is 318 g/mol. The van der Waals surface area contributed by atoms with Gasteiger partial charge in [-0.2, -0.15) is 0 Å². The van der Waals surface area contributed by atoms with Gasteiger partial charge in [0.2, 0.25) is 0 Å². The zero-order chi connectivity index (χ0) is 16.3. The molecule has 1 aromatic rings. The summed E-state index contributed by atoms with van der Waals surface area (Å²) in [6, 6.07) is 14.5. The summed E-state index contributed by atoms with van der Waals surface area (Å²) in [5.74, 6) is 0. The summed E-state index contributed by atoms with van der Waals surface area (Å²) in [4.78, 5) is 0. The van der Waals surface area contributed by atoms with Gasteiger partial charge in [0.15, 0.2) is 0 Å². The Hall–Kier alpha value is -0.863. The lowest BCUT2D eigenvalue weighted by Crippen LogP contribution is -2.36. The van der Waals surface area contributed by atoms with Crippen LogP contribution < -0.4 is 0 Å². The molecular formula is C20H34OSi. The zero-order valence-corrected chi connectivity index (χ0v) is 16.0. The van der Waals surface area contributed by atoms with E-state index in [9.17, 15) is 0 Å². The molecule has 0 unspecified atom stereocenters. The summed E-state index contributed by atoms with van der Waals surface area (Å²) in [5, 5.41) is 1.66. The van der Waals surface area contributed by atoms with Crippen LogP contribution >= 0.6 is 0 Å². The molecule has 0 spiro atoms. The number of ether oxygens (including phenoxy) is 1. The Balaban J connectivity index is 2.71. The maximum Gasteiger partial charge on any atom is 0.0833 e. The van der Waals surface area contributed by atoms with E-state index in [4.69, 9.17) is 4.74 Å². The number of hydrogen-bond acceptors (Lipinski definition) is 1. The van der Waals surface area contributed by atoms with Crippen molar-refractivity contribution in [3.8, 4) is 0 Å². The zero-order valence-electron chi connectivity index (χ0n) is 15.0. The largest absolute Gasteiger partial charge is 0.373 e. The van der Waals surface area contributed by atoms with Gasteiger partial charge in [-0.1, -0.05) is 100 Å². The molecule has 0 bridgehead atoms. The fourth-order valence-electron chi connectivity index (χ4n) is 3.19. The van der Waals surface area contributed by atoms with E-state index in [1.54, 1.807) is 5.20 Å². The van der Waals surface area contributed by atoms with Crippen molar-refractivity contribution in [3.05, 3.63) is 47.2 Å². The fourth-order valence-corrected chi connectivity index (χ4v) is 7.04. The summed E-state index contributed by atoms with van der Waals surface area (Å²) in [6.07, 6.45) is 6.31. The lowest BCUT2D eigenvalue weighted by Gasteiger charge is -2.31. The Morgan fingerprint density at radius 3 is 2.18 bits per heavy atom. The average molecular weight is 319 g/mol. The van der Waals surface area contributed by atoms with Crippen molar-refractivity contribution in [1.29, 1.82) is 0 Å². The maximum atomic E-state index is 6.09. The van der Waals surface area contributed by atoms with Crippen LogP contribution in [0.4, 0.5) is 0 Å². The van der Waals surface area contributed by atoms with E-state index in [0.29, 0.717) is 0 Å². The minimum atomic E-state index is -1.30. The van der Waals surface area contributed by atoms with Crippen LogP contribution in [-0.2, 0) is 11.3 Å². The van der Waals surface area contributed by atoms with Gasteiger partial charge in [0, 0.05) is 0 Å². The molecule has 0 atom stereocenters. The molecule has 0 aliphatic heterocycles. The molecule has 1 nitrogen and oxygen atoms in total. The van der Waals surface area contributed by atoms with Crippen LogP contribution in [-0.4, -0.2) is 14.7 Å². The van der Waals surface area contributed by atoms with E-state index in [1.165, 1.54) is 43.0 Å². The highest BCUT2D eigenvalue weighted by atomic mass is 28.3. The fraction of sp³-hybridized carbons (Fsp3) is 0.600. The van der Waals surface area contributed by atoms with Gasteiger partial charge >= 0.3 is 0 Å². The molecule has 124 valence electrons. The van der Waals surface area contributed by atoms with Crippen LogP contribution in [0.1, 0.15) is 52.5 Å². The van der Waals surface area contributed by atoms with E-state index in [2.05, 4.69) is 64.1 Å². The Bertz CT molecular complexity index is 412. The van der Waals surface area contributed by atoms with Gasteiger partial charge in [-0.25, -0.2) is 0 Å². The lowest BCUT2D eigenvalue weighted by molar-refractivity contribution is 0.145. The van der Waals surface area contributed by atoms with Crippen molar-refractivity contribution in [1.82, 2.24) is 0 Å². The number of allylic oxidation sites excluding steroid dienone is 1. The molecule has 0 fully saturated rings. The summed E-state index contributed by atoms with van der Waals surface area (Å²) >= 11 is 0. The highest BCUT2D eigenvalue weighted by Crippen LogP contribution is 2.29. The molecule has 0 heterocycles. The third kappa shape index (κ3) is 5.73. The minimum Gasteiger partial charge on any atom is -0.373 e. The predicted molar refractivity (Wildman–Crippen MR) is 101 cm³/mol. The number of rotatable bonds is 11. The van der Waals surface area contributed by atoms with Crippen molar-refractivity contribution in [3.63, 3.8) is 0 Å². The van der Waals surface area contributed by atoms with Gasteiger partial charge in [0.1, 0.15) is 0 Å². The maximum absolute atomic E-state index is 6.09. The molecule has 0 aliphatic carbocycles. The van der Waals surface area contributed by atoms with Crippen LogP contribution in [0, 0.1) is 0 Å². The third-order valence-corrected chi connectivity index (χ3v) is 10.8. The number of unbranched alkanes of at least 4 members (excludes halogenated alkanes) is 2. The standard InChI is InChI=1S/C20H34OSi/c1-5-9-11-16-20(22(6-2,7-3)8-4)18-21-17-19-14-12-10-13-15-19/h10,12-16H,5-9,11,17-18H2,1-4H3/b20-16-. The summed E-state index contributed by atoms with van der Waals surface area (Å²) in [5.41, 5.74) is 1.27. The lowest BCUT2D eigenvalue weighted by atomic mass is 10.2. The first kappa shape index (κ1) is 19.2. The SMILES string of the molecule is CCCC/C=C(/COCc1ccccc1)[Si](CC)(CC)CC. The van der Waals surface area contributed by atoms with E-state index in [1.807, 2.05) is 0 Å². The smallest absolute Gasteiger partial charge is 0.0833 e. The van der Waals surface area contributed by atoms with Gasteiger partial charge < -0.3 is 4.74 Å². The first-order valence-electron chi connectivity index (χ1n) is 9.03. The predicted octanol–water partition coefficient (Wildman–Crippen LogP) is 6.37. The minimum absolute atomic E-state index is 0.730. The van der Waals surface area contributed by atoms with Crippen molar-refractivity contribution < 1.29 is 4.74 Å². The van der Waals surface area contributed by atoms with Crippen LogP contribution in [0.15, 0.2) is 41.6 Å². The molecule has 0 saturated heterocycles. The molecule has 1 rings (SSSR count). The highest BCUT2D eigenvalue weighted by Gasteiger charge is 2.31. The normalized spacial score (nSPS) is 12.6. The summed E-state index contributed by atoms with van der Waals surface area (Å²) in [6.45, 7) is 11.0. The number of hydrogen-bond donors (Lipinski definition) is 0. The molecule has 0 aromatic heterocycles. The second-order valence-electron chi connectivity index (χ2n) is 6.19. The topological polar surface area (TPSA) is 9.23 Å². The van der Waals surface area contributed by atoms with Gasteiger partial charge in [-0.3, -0.25) is 0 Å². The van der Waals surface area contributed by atoms with Crippen LogP contribution in [0.2, 0.25) is 18.1 Å². The Kier molecular flexibility index (Phi) is 9.41. The second kappa shape index (κ2) is 10.8. The Morgan fingerprint density at radius 1 is 1.00 bits per heavy atom. The van der Waals surface area contributed by atoms with Gasteiger partial charge in [0.05, 0.1) is 21.3 Å². The summed E-state index contributed by atoms with van der Waals surface area (Å²) < 4.78 is 6.09. The summed E-state index contributed by atoms with van der Waals surface area (Å²) in [7, 11) is -1.30. The third-order valence-electron chi connectivity index (χ3n) is 5.03. The molecule has 22 heavy (non-hydrogen) atoms. The van der Waals surface area contributed by atoms with Gasteiger partial charge in [0.25, 0.3) is 0 Å². The molecule has 0 radical (unpaired) electrons. The first-order chi connectivity index (χ1) is 10.7. The molecule has 2 heteroatoms. The van der Waals surface area contributed by atoms with Crippen LogP contribution in [0.25, 0.3) is 0 Å². The van der Waals surface area contributed by atoms with Gasteiger partial charge in [-0.15, -0.1) is 0 Å². The molecule has 1 aromatic carbocycles. The Labute approximate surface area is 138 Å². The van der Waals surface area contributed by atoms with Gasteiger partial charge in [-0.05, 0) is 12.0 Å². The van der Waals surface area contributed by atoms with Crippen molar-refractivity contribution in [2.75, 3.05) is 6.61 Å². The highest BCUT2D eigenvalue weighted by molar-refractivity contribution is 6.86. The number of benzene rings is 1. The van der Waals surface area contributed by atoms with Crippen LogP contribution in [0.3, 0.4) is 0 Å². The first-order valence-corrected chi connectivity index (χ1v) is 11.7. The molecule has 0 amide bonds. The van der Waals surface area contributed by atoms with E-state index >= 15 is 0 Å².